The zero-order valence-corrected chi connectivity index (χ0v) is 11.0. The molecule has 18 heavy (non-hydrogen) atoms. The van der Waals surface area contributed by atoms with Gasteiger partial charge in [-0.1, -0.05) is 11.8 Å². The first-order valence-corrected chi connectivity index (χ1v) is 7.11. The minimum absolute atomic E-state index is 0.584. The third-order valence-electron chi connectivity index (χ3n) is 3.13. The van der Waals surface area contributed by atoms with Gasteiger partial charge in [0.2, 0.25) is 0 Å². The molecule has 0 unspecified atom stereocenters. The standard InChI is InChI=1S/C13H18F2N2S/c14-13(15)18-12-3-1-11(2-4-12)17-9-10-5-7-16-8-6-10/h1-4,10,13,16-17H,5-9H2. The molecule has 100 valence electrons. The Morgan fingerprint density at radius 2 is 1.89 bits per heavy atom. The van der Waals surface area contributed by atoms with Crippen LogP contribution in [0, 0.1) is 5.92 Å². The molecule has 0 aromatic heterocycles. The van der Waals surface area contributed by atoms with Crippen LogP contribution >= 0.6 is 11.8 Å². The number of anilines is 1. The summed E-state index contributed by atoms with van der Waals surface area (Å²) in [5.41, 5.74) is 1.01. The van der Waals surface area contributed by atoms with Gasteiger partial charge in [-0.25, -0.2) is 0 Å². The van der Waals surface area contributed by atoms with Gasteiger partial charge in [0.25, 0.3) is 5.76 Å². The van der Waals surface area contributed by atoms with Gasteiger partial charge in [0.05, 0.1) is 0 Å². The molecule has 0 spiro atoms. The highest BCUT2D eigenvalue weighted by Gasteiger charge is 2.12. The van der Waals surface area contributed by atoms with E-state index in [4.69, 9.17) is 0 Å². The molecule has 0 aliphatic carbocycles. The minimum Gasteiger partial charge on any atom is -0.385 e. The minimum atomic E-state index is -2.35. The van der Waals surface area contributed by atoms with Crippen LogP contribution in [0.25, 0.3) is 0 Å². The number of piperidine rings is 1. The van der Waals surface area contributed by atoms with Gasteiger partial charge in [0.15, 0.2) is 0 Å². The highest BCUT2D eigenvalue weighted by atomic mass is 32.2. The quantitative estimate of drug-likeness (QED) is 0.803. The summed E-state index contributed by atoms with van der Waals surface area (Å²) < 4.78 is 24.3. The first-order chi connectivity index (χ1) is 8.74. The molecule has 1 aliphatic rings. The van der Waals surface area contributed by atoms with Crippen LogP contribution in [0.4, 0.5) is 14.5 Å². The van der Waals surface area contributed by atoms with Crippen LogP contribution in [-0.2, 0) is 0 Å². The molecular weight excluding hydrogens is 254 g/mol. The maximum Gasteiger partial charge on any atom is 0.288 e. The van der Waals surface area contributed by atoms with Crippen LogP contribution < -0.4 is 10.6 Å². The average Bonchev–Trinajstić information content (AvgIpc) is 2.38. The van der Waals surface area contributed by atoms with E-state index in [-0.39, 0.29) is 0 Å². The van der Waals surface area contributed by atoms with E-state index in [0.29, 0.717) is 22.6 Å². The second-order valence-corrected chi connectivity index (χ2v) is 5.54. The molecule has 1 fully saturated rings. The van der Waals surface area contributed by atoms with Crippen LogP contribution in [-0.4, -0.2) is 25.4 Å². The number of nitrogens with one attached hydrogen (secondary N) is 2. The van der Waals surface area contributed by atoms with Crippen molar-refractivity contribution < 1.29 is 8.78 Å². The van der Waals surface area contributed by atoms with Gasteiger partial charge in [-0.3, -0.25) is 0 Å². The largest absolute Gasteiger partial charge is 0.385 e. The van der Waals surface area contributed by atoms with E-state index in [1.165, 1.54) is 12.8 Å². The lowest BCUT2D eigenvalue weighted by molar-refractivity contribution is 0.252. The van der Waals surface area contributed by atoms with Gasteiger partial charge in [-0.15, -0.1) is 0 Å². The molecule has 0 amide bonds. The summed E-state index contributed by atoms with van der Waals surface area (Å²) in [4.78, 5) is 0.609. The third kappa shape index (κ3) is 4.46. The molecule has 2 nitrogen and oxygen atoms in total. The fourth-order valence-electron chi connectivity index (χ4n) is 2.10. The van der Waals surface area contributed by atoms with Crippen molar-refractivity contribution in [2.75, 3.05) is 25.0 Å². The molecule has 5 heteroatoms. The van der Waals surface area contributed by atoms with Gasteiger partial charge in [0, 0.05) is 17.1 Å². The molecule has 0 bridgehead atoms. The zero-order chi connectivity index (χ0) is 12.8. The van der Waals surface area contributed by atoms with E-state index in [2.05, 4.69) is 10.6 Å². The zero-order valence-electron chi connectivity index (χ0n) is 10.2. The maximum absolute atomic E-state index is 12.2. The van der Waals surface area contributed by atoms with E-state index in [0.717, 1.165) is 25.3 Å². The van der Waals surface area contributed by atoms with Gasteiger partial charge >= 0.3 is 0 Å². The van der Waals surface area contributed by atoms with Crippen LogP contribution in [0.2, 0.25) is 0 Å². The number of benzene rings is 1. The fraction of sp³-hybridized carbons (Fsp3) is 0.538. The predicted octanol–water partition coefficient (Wildman–Crippen LogP) is 3.41. The Hall–Kier alpha value is -0.810. The van der Waals surface area contributed by atoms with E-state index in [9.17, 15) is 8.78 Å². The Bertz CT molecular complexity index is 351. The van der Waals surface area contributed by atoms with Crippen LogP contribution in [0.3, 0.4) is 0 Å². The smallest absolute Gasteiger partial charge is 0.288 e. The third-order valence-corrected chi connectivity index (χ3v) is 3.86. The first kappa shape index (κ1) is 13.6. The van der Waals surface area contributed by atoms with Gasteiger partial charge in [-0.2, -0.15) is 8.78 Å². The molecule has 1 aromatic carbocycles. The molecular formula is C13H18F2N2S. The molecule has 0 radical (unpaired) electrons. The molecule has 0 saturated carbocycles. The summed E-state index contributed by atoms with van der Waals surface area (Å²) in [5.74, 6) is -1.64. The molecule has 0 atom stereocenters. The van der Waals surface area contributed by atoms with E-state index >= 15 is 0 Å². The topological polar surface area (TPSA) is 24.1 Å². The summed E-state index contributed by atoms with van der Waals surface area (Å²) in [6, 6.07) is 7.21. The van der Waals surface area contributed by atoms with Gasteiger partial charge in [0.1, 0.15) is 0 Å². The molecule has 1 heterocycles. The lowest BCUT2D eigenvalue weighted by atomic mass is 9.98. The summed E-state index contributed by atoms with van der Waals surface area (Å²) in [6.07, 6.45) is 2.40. The number of hydrogen-bond donors (Lipinski definition) is 2. The van der Waals surface area contributed by atoms with E-state index < -0.39 is 5.76 Å². The second kappa shape index (κ2) is 6.95. The van der Waals surface area contributed by atoms with Gasteiger partial charge < -0.3 is 10.6 Å². The van der Waals surface area contributed by atoms with Crippen LogP contribution in [0.5, 0.6) is 0 Å². The van der Waals surface area contributed by atoms with Crippen molar-refractivity contribution in [3.8, 4) is 0 Å². The number of hydrogen-bond acceptors (Lipinski definition) is 3. The summed E-state index contributed by atoms with van der Waals surface area (Å²) in [6.45, 7) is 3.15. The average molecular weight is 272 g/mol. The summed E-state index contributed by atoms with van der Waals surface area (Å²) in [5, 5.41) is 6.71. The number of thioether (sulfide) groups is 1. The van der Waals surface area contributed by atoms with Gasteiger partial charge in [-0.05, 0) is 56.1 Å². The molecule has 1 aromatic rings. The normalized spacial score (nSPS) is 17.1. The Kier molecular flexibility index (Phi) is 5.26. The Balaban J connectivity index is 1.78. The highest BCUT2D eigenvalue weighted by molar-refractivity contribution is 7.99. The van der Waals surface area contributed by atoms with Crippen molar-refractivity contribution in [3.63, 3.8) is 0 Å². The fourth-order valence-corrected chi connectivity index (χ4v) is 2.60. The van der Waals surface area contributed by atoms with E-state index in [1.807, 2.05) is 12.1 Å². The number of alkyl halides is 2. The lowest BCUT2D eigenvalue weighted by Crippen LogP contribution is -2.31. The summed E-state index contributed by atoms with van der Waals surface area (Å²) in [7, 11) is 0. The van der Waals surface area contributed by atoms with E-state index in [1.54, 1.807) is 12.1 Å². The monoisotopic (exact) mass is 272 g/mol. The van der Waals surface area contributed by atoms with Crippen LogP contribution in [0.15, 0.2) is 29.2 Å². The van der Waals surface area contributed by atoms with Crippen molar-refractivity contribution in [1.29, 1.82) is 0 Å². The molecule has 1 saturated heterocycles. The highest BCUT2D eigenvalue weighted by Crippen LogP contribution is 2.26. The molecule has 2 rings (SSSR count). The number of halogens is 2. The van der Waals surface area contributed by atoms with Crippen molar-refractivity contribution in [1.82, 2.24) is 5.32 Å². The van der Waals surface area contributed by atoms with Crippen molar-refractivity contribution in [2.24, 2.45) is 5.92 Å². The van der Waals surface area contributed by atoms with Crippen LogP contribution in [0.1, 0.15) is 12.8 Å². The van der Waals surface area contributed by atoms with Crippen molar-refractivity contribution in [3.05, 3.63) is 24.3 Å². The molecule has 1 aliphatic heterocycles. The first-order valence-electron chi connectivity index (χ1n) is 6.23. The van der Waals surface area contributed by atoms with Crippen molar-refractivity contribution in [2.45, 2.75) is 23.5 Å². The predicted molar refractivity (Wildman–Crippen MR) is 72.4 cm³/mol. The number of rotatable bonds is 5. The Morgan fingerprint density at radius 3 is 2.50 bits per heavy atom. The molecule has 2 N–H and O–H groups in total. The Labute approximate surface area is 111 Å². The SMILES string of the molecule is FC(F)Sc1ccc(NCC2CCNCC2)cc1. The van der Waals surface area contributed by atoms with Crippen molar-refractivity contribution >= 4 is 17.4 Å². The lowest BCUT2D eigenvalue weighted by Gasteiger charge is -2.23. The maximum atomic E-state index is 12.2. The summed E-state index contributed by atoms with van der Waals surface area (Å²) >= 11 is 0.584. The second-order valence-electron chi connectivity index (χ2n) is 4.48. The Morgan fingerprint density at radius 1 is 1.22 bits per heavy atom.